The third kappa shape index (κ3) is 4.36. The molecular formula is C10H23N2O5P. The van der Waals surface area contributed by atoms with Crippen molar-refractivity contribution >= 4 is 8.15 Å². The van der Waals surface area contributed by atoms with Crippen LogP contribution in [0.15, 0.2) is 0 Å². The summed E-state index contributed by atoms with van der Waals surface area (Å²) < 4.78 is 16.2. The lowest BCUT2D eigenvalue weighted by molar-refractivity contribution is -0.263. The number of ether oxygens (including phenoxy) is 2. The normalized spacial score (nSPS) is 37.2. The number of hydrogen-bond donors (Lipinski definition) is 4. The van der Waals surface area contributed by atoms with E-state index in [9.17, 15) is 10.2 Å². The first-order valence-corrected chi connectivity index (χ1v) is 8.02. The van der Waals surface area contributed by atoms with Crippen molar-refractivity contribution in [3.63, 3.8) is 0 Å². The molecule has 8 heteroatoms. The molecule has 0 bridgehead atoms. The van der Waals surface area contributed by atoms with E-state index < -0.39 is 38.8 Å². The molecule has 0 spiro atoms. The molecule has 1 aliphatic rings. The molecule has 0 aromatic carbocycles. The monoisotopic (exact) mass is 282 g/mol. The van der Waals surface area contributed by atoms with Crippen LogP contribution in [0, 0.1) is 0 Å². The van der Waals surface area contributed by atoms with Crippen LogP contribution in [0.25, 0.3) is 0 Å². The van der Waals surface area contributed by atoms with Crippen LogP contribution >= 0.6 is 8.15 Å². The summed E-state index contributed by atoms with van der Waals surface area (Å²) in [5.74, 6) is 0. The number of hydrogen-bond acceptors (Lipinski definition) is 7. The summed E-state index contributed by atoms with van der Waals surface area (Å²) >= 11 is 0. The maximum absolute atomic E-state index is 9.86. The fourth-order valence-electron chi connectivity index (χ4n) is 1.65. The van der Waals surface area contributed by atoms with Crippen LogP contribution in [0.1, 0.15) is 0 Å². The quantitative estimate of drug-likeness (QED) is 0.433. The predicted octanol–water partition coefficient (Wildman–Crippen LogP) is -1.59. The van der Waals surface area contributed by atoms with Crippen molar-refractivity contribution in [3.8, 4) is 0 Å². The van der Waals surface area contributed by atoms with Gasteiger partial charge in [-0.2, -0.15) is 0 Å². The van der Waals surface area contributed by atoms with Crippen molar-refractivity contribution in [2.24, 2.45) is 11.5 Å². The molecular weight excluding hydrogens is 259 g/mol. The Morgan fingerprint density at radius 2 is 1.94 bits per heavy atom. The highest BCUT2D eigenvalue weighted by atomic mass is 31.1. The van der Waals surface area contributed by atoms with Gasteiger partial charge in [-0.25, -0.2) is 0 Å². The lowest BCUT2D eigenvalue weighted by Gasteiger charge is -2.41. The van der Waals surface area contributed by atoms with Crippen LogP contribution in [0.5, 0.6) is 0 Å². The van der Waals surface area contributed by atoms with Gasteiger partial charge in [0.05, 0.1) is 19.3 Å². The Kier molecular flexibility index (Phi) is 6.90. The highest BCUT2D eigenvalue weighted by molar-refractivity contribution is 7.50. The van der Waals surface area contributed by atoms with Gasteiger partial charge < -0.3 is 35.7 Å². The van der Waals surface area contributed by atoms with Gasteiger partial charge in [0.2, 0.25) is 0 Å². The molecule has 108 valence electrons. The van der Waals surface area contributed by atoms with E-state index in [1.54, 1.807) is 0 Å². The molecule has 0 aliphatic carbocycles. The summed E-state index contributed by atoms with van der Waals surface area (Å²) in [6.07, 6.45) is -3.60. The number of rotatable bonds is 6. The molecule has 18 heavy (non-hydrogen) atoms. The Labute approximate surface area is 108 Å². The third-order valence-corrected chi connectivity index (χ3v) is 3.31. The molecule has 0 radical (unpaired) electrons. The van der Waals surface area contributed by atoms with Crippen LogP contribution in [-0.2, 0) is 14.0 Å². The van der Waals surface area contributed by atoms with E-state index in [-0.39, 0.29) is 13.2 Å². The molecule has 6 N–H and O–H groups in total. The maximum Gasteiger partial charge on any atom is 0.175 e. The van der Waals surface area contributed by atoms with Gasteiger partial charge in [-0.15, -0.1) is 0 Å². The van der Waals surface area contributed by atoms with Crippen molar-refractivity contribution < 1.29 is 24.2 Å². The Morgan fingerprint density at radius 3 is 2.50 bits per heavy atom. The molecule has 1 saturated heterocycles. The van der Waals surface area contributed by atoms with Crippen LogP contribution in [-0.4, -0.2) is 73.9 Å². The number of nitrogens with two attached hydrogens (primary N) is 2. The Hall–Kier alpha value is 0.150. The average molecular weight is 282 g/mol. The summed E-state index contributed by atoms with van der Waals surface area (Å²) in [4.78, 5) is 0. The second-order valence-corrected chi connectivity index (χ2v) is 6.25. The van der Waals surface area contributed by atoms with Gasteiger partial charge in [0.1, 0.15) is 18.3 Å². The first-order valence-electron chi connectivity index (χ1n) is 5.86. The lowest BCUT2D eigenvalue weighted by atomic mass is 9.98. The predicted molar refractivity (Wildman–Crippen MR) is 68.4 cm³/mol. The molecule has 0 amide bonds. The fraction of sp³-hybridized carbons (Fsp3) is 1.00. The van der Waals surface area contributed by atoms with E-state index in [0.29, 0.717) is 6.54 Å². The van der Waals surface area contributed by atoms with Crippen molar-refractivity contribution in [2.45, 2.75) is 30.6 Å². The number of aliphatic hydroxyl groups is 2. The molecule has 1 aliphatic heterocycles. The molecule has 1 fully saturated rings. The minimum atomic E-state index is -1.10. The molecule has 0 aromatic rings. The third-order valence-electron chi connectivity index (χ3n) is 2.65. The highest BCUT2D eigenvalue weighted by Crippen LogP contribution is 2.29. The highest BCUT2D eigenvalue weighted by Gasteiger charge is 2.43. The molecule has 1 heterocycles. The topological polar surface area (TPSA) is 120 Å². The van der Waals surface area contributed by atoms with E-state index in [0.717, 1.165) is 0 Å². The fourth-order valence-corrected chi connectivity index (χ4v) is 2.09. The number of aliphatic hydroxyl groups excluding tert-OH is 2. The molecule has 1 rings (SSSR count). The molecule has 0 saturated carbocycles. The van der Waals surface area contributed by atoms with Gasteiger partial charge in [-0.3, -0.25) is 0 Å². The zero-order valence-electron chi connectivity index (χ0n) is 10.7. The Morgan fingerprint density at radius 1 is 1.28 bits per heavy atom. The van der Waals surface area contributed by atoms with Gasteiger partial charge in [0.15, 0.2) is 6.29 Å². The Bertz CT molecular complexity index is 246. The van der Waals surface area contributed by atoms with Crippen LogP contribution in [0.4, 0.5) is 0 Å². The first kappa shape index (κ1) is 16.2. The minimum absolute atomic E-state index is 0.201. The van der Waals surface area contributed by atoms with E-state index in [1.807, 2.05) is 13.3 Å². The van der Waals surface area contributed by atoms with E-state index in [4.69, 9.17) is 25.5 Å². The van der Waals surface area contributed by atoms with E-state index in [1.165, 1.54) is 0 Å². The molecule has 5 atom stereocenters. The van der Waals surface area contributed by atoms with Gasteiger partial charge in [0, 0.05) is 14.7 Å². The molecule has 3 unspecified atom stereocenters. The smallest absolute Gasteiger partial charge is 0.175 e. The van der Waals surface area contributed by atoms with Crippen molar-refractivity contribution in [2.75, 3.05) is 33.1 Å². The van der Waals surface area contributed by atoms with Crippen molar-refractivity contribution in [1.82, 2.24) is 0 Å². The van der Waals surface area contributed by atoms with Crippen LogP contribution in [0.3, 0.4) is 0 Å². The van der Waals surface area contributed by atoms with Crippen molar-refractivity contribution in [1.29, 1.82) is 0 Å². The summed E-state index contributed by atoms with van der Waals surface area (Å²) in [5, 5.41) is 19.7. The van der Waals surface area contributed by atoms with Gasteiger partial charge in [0.25, 0.3) is 0 Å². The van der Waals surface area contributed by atoms with E-state index >= 15 is 0 Å². The molecule has 7 nitrogen and oxygen atoms in total. The lowest BCUT2D eigenvalue weighted by Crippen LogP contribution is -2.62. The van der Waals surface area contributed by atoms with Crippen molar-refractivity contribution in [3.05, 3.63) is 0 Å². The van der Waals surface area contributed by atoms with Gasteiger partial charge in [-0.05, 0) is 13.3 Å². The van der Waals surface area contributed by atoms with Gasteiger partial charge in [-0.1, -0.05) is 0 Å². The van der Waals surface area contributed by atoms with Gasteiger partial charge >= 0.3 is 0 Å². The minimum Gasteiger partial charge on any atom is -0.388 e. The summed E-state index contributed by atoms with van der Waals surface area (Å²) in [6, 6.07) is -0.799. The first-order chi connectivity index (χ1) is 8.47. The van der Waals surface area contributed by atoms with E-state index in [2.05, 4.69) is 0 Å². The summed E-state index contributed by atoms with van der Waals surface area (Å²) in [7, 11) is -0.560. The standard InChI is InChI=1S/C10H23N2O5P/c1-18(2)16-5-6-8(13)9(14)7(12)10(17-6)15-4-3-11/h6-10,13-14H,3-5,11-12H2,1-2H3/t6?,7?,8-,9?,10-/m1/s1. The second kappa shape index (κ2) is 7.67. The largest absolute Gasteiger partial charge is 0.388 e. The Balaban J connectivity index is 2.56. The SMILES string of the molecule is CP(C)OCC1O[C@@H](OCCN)C(N)C(O)[C@@H]1O. The second-order valence-electron chi connectivity index (χ2n) is 4.37. The zero-order valence-corrected chi connectivity index (χ0v) is 11.6. The average Bonchev–Trinajstić information content (AvgIpc) is 2.34. The van der Waals surface area contributed by atoms with Crippen LogP contribution < -0.4 is 11.5 Å². The van der Waals surface area contributed by atoms with Crippen LogP contribution in [0.2, 0.25) is 0 Å². The summed E-state index contributed by atoms with van der Waals surface area (Å²) in [5.41, 5.74) is 11.1. The zero-order chi connectivity index (χ0) is 13.7. The summed E-state index contributed by atoms with van der Waals surface area (Å²) in [6.45, 7) is 4.70. The molecule has 0 aromatic heterocycles. The maximum atomic E-state index is 9.86.